The number of nitrogens with one attached hydrogen (secondary N) is 1. The number of sulfonamides is 1. The predicted octanol–water partition coefficient (Wildman–Crippen LogP) is 4.01. The van der Waals surface area contributed by atoms with Gasteiger partial charge in [-0.15, -0.1) is 0 Å². The molecule has 140 valence electrons. The maximum Gasteiger partial charge on any atom is 0.266 e. The first-order chi connectivity index (χ1) is 12.7. The highest BCUT2D eigenvalue weighted by molar-refractivity contribution is 7.90. The van der Waals surface area contributed by atoms with E-state index in [1.165, 1.54) is 12.1 Å². The van der Waals surface area contributed by atoms with E-state index in [9.17, 15) is 17.6 Å². The highest BCUT2D eigenvalue weighted by atomic mass is 35.5. The normalized spacial score (nSPS) is 11.4. The van der Waals surface area contributed by atoms with Gasteiger partial charge in [0, 0.05) is 17.1 Å². The molecular weight excluding hydrogens is 391 g/mol. The monoisotopic (exact) mass is 406 g/mol. The van der Waals surface area contributed by atoms with Gasteiger partial charge in [0.1, 0.15) is 5.82 Å². The van der Waals surface area contributed by atoms with Gasteiger partial charge in [-0.3, -0.25) is 4.79 Å². The first kappa shape index (κ1) is 19.1. The molecule has 1 aromatic heterocycles. The third-order valence-corrected chi connectivity index (χ3v) is 5.75. The molecule has 0 aliphatic heterocycles. The van der Waals surface area contributed by atoms with Gasteiger partial charge in [-0.05, 0) is 68.4 Å². The molecule has 1 N–H and O–H groups in total. The summed E-state index contributed by atoms with van der Waals surface area (Å²) < 4.78 is 41.6. The molecule has 0 fully saturated rings. The van der Waals surface area contributed by atoms with E-state index in [0.29, 0.717) is 5.69 Å². The molecule has 0 unspecified atom stereocenters. The predicted molar refractivity (Wildman–Crippen MR) is 101 cm³/mol. The fourth-order valence-corrected chi connectivity index (χ4v) is 3.92. The molecule has 0 saturated carbocycles. The number of aromatic nitrogens is 1. The number of hydrogen-bond acceptors (Lipinski definition) is 3. The Bertz CT molecular complexity index is 1100. The van der Waals surface area contributed by atoms with Crippen molar-refractivity contribution in [2.24, 2.45) is 0 Å². The minimum absolute atomic E-state index is 0.0207. The highest BCUT2D eigenvalue weighted by Gasteiger charge is 2.21. The van der Waals surface area contributed by atoms with Gasteiger partial charge in [-0.1, -0.05) is 11.6 Å². The summed E-state index contributed by atoms with van der Waals surface area (Å²) in [6.45, 7) is 3.83. The number of rotatable bonds is 4. The molecule has 0 spiro atoms. The van der Waals surface area contributed by atoms with E-state index in [1.54, 1.807) is 6.07 Å². The second kappa shape index (κ2) is 7.17. The largest absolute Gasteiger partial charge is 0.318 e. The van der Waals surface area contributed by atoms with Crippen LogP contribution in [0.2, 0.25) is 5.02 Å². The number of carbonyl (C=O) groups is 1. The lowest BCUT2D eigenvalue weighted by Gasteiger charge is -2.13. The zero-order valence-electron chi connectivity index (χ0n) is 14.5. The quantitative estimate of drug-likeness (QED) is 0.711. The molecular formula is C19H16ClFN2O3S. The van der Waals surface area contributed by atoms with E-state index in [-0.39, 0.29) is 15.5 Å². The van der Waals surface area contributed by atoms with Crippen LogP contribution in [0.4, 0.5) is 4.39 Å². The van der Waals surface area contributed by atoms with Gasteiger partial charge in [0.15, 0.2) is 0 Å². The first-order valence-corrected chi connectivity index (χ1v) is 9.83. The fraction of sp³-hybridized carbons (Fsp3) is 0.105. The van der Waals surface area contributed by atoms with Crippen LogP contribution >= 0.6 is 11.6 Å². The number of amides is 1. The van der Waals surface area contributed by atoms with Gasteiger partial charge < -0.3 is 4.57 Å². The number of hydrogen-bond donors (Lipinski definition) is 1. The summed E-state index contributed by atoms with van der Waals surface area (Å²) in [4.78, 5) is 12.3. The third kappa shape index (κ3) is 3.89. The molecule has 27 heavy (non-hydrogen) atoms. The molecule has 3 rings (SSSR count). The summed E-state index contributed by atoms with van der Waals surface area (Å²) in [5, 5.41) is 0.119. The summed E-state index contributed by atoms with van der Waals surface area (Å²) >= 11 is 6.11. The zero-order chi connectivity index (χ0) is 19.8. The number of aryl methyl sites for hydroxylation is 2. The summed E-state index contributed by atoms with van der Waals surface area (Å²) in [5.41, 5.74) is 2.62. The lowest BCUT2D eigenvalue weighted by atomic mass is 10.2. The van der Waals surface area contributed by atoms with Crippen LogP contribution < -0.4 is 4.72 Å². The average Bonchev–Trinajstić information content (AvgIpc) is 2.94. The van der Waals surface area contributed by atoms with Crippen LogP contribution in [0.25, 0.3) is 5.69 Å². The fourth-order valence-electron chi connectivity index (χ4n) is 2.75. The van der Waals surface area contributed by atoms with Gasteiger partial charge in [0.05, 0.1) is 15.5 Å². The van der Waals surface area contributed by atoms with Crippen LogP contribution in [0.1, 0.15) is 21.7 Å². The molecule has 0 radical (unpaired) electrons. The molecule has 0 saturated heterocycles. The maximum absolute atomic E-state index is 13.0. The second-order valence-corrected chi connectivity index (χ2v) is 8.09. The van der Waals surface area contributed by atoms with Crippen molar-refractivity contribution < 1.29 is 17.6 Å². The molecule has 0 atom stereocenters. The third-order valence-electron chi connectivity index (χ3n) is 4.07. The van der Waals surface area contributed by atoms with Crippen molar-refractivity contribution in [3.05, 3.63) is 82.4 Å². The first-order valence-electron chi connectivity index (χ1n) is 7.96. The molecule has 1 amide bonds. The molecule has 2 aromatic carbocycles. The standard InChI is InChI=1S/C19H16ClFN2O3S/c1-12-3-4-13(2)23(12)15-7-10-18(20)17(11-15)19(24)22-27(25,26)16-8-5-14(21)6-9-16/h3-11H,1-2H3,(H,22,24). The van der Waals surface area contributed by atoms with Crippen molar-refractivity contribution in [3.63, 3.8) is 0 Å². The van der Waals surface area contributed by atoms with E-state index in [4.69, 9.17) is 11.6 Å². The molecule has 5 nitrogen and oxygen atoms in total. The molecule has 8 heteroatoms. The Hall–Kier alpha value is -2.64. The lowest BCUT2D eigenvalue weighted by molar-refractivity contribution is 0.0981. The number of benzene rings is 2. The Morgan fingerprint density at radius 3 is 2.19 bits per heavy atom. The van der Waals surface area contributed by atoms with E-state index in [2.05, 4.69) is 0 Å². The number of carbonyl (C=O) groups excluding carboxylic acids is 1. The van der Waals surface area contributed by atoms with Crippen LogP contribution in [0, 0.1) is 19.7 Å². The van der Waals surface area contributed by atoms with Gasteiger partial charge in [-0.2, -0.15) is 0 Å². The van der Waals surface area contributed by atoms with Crippen molar-refractivity contribution in [1.82, 2.24) is 9.29 Å². The van der Waals surface area contributed by atoms with Crippen molar-refractivity contribution in [2.75, 3.05) is 0 Å². The minimum atomic E-state index is -4.16. The van der Waals surface area contributed by atoms with Crippen LogP contribution in [0.5, 0.6) is 0 Å². The Morgan fingerprint density at radius 2 is 1.59 bits per heavy atom. The Kier molecular flexibility index (Phi) is 5.08. The summed E-state index contributed by atoms with van der Waals surface area (Å²) in [6, 6.07) is 12.8. The van der Waals surface area contributed by atoms with Gasteiger partial charge in [-0.25, -0.2) is 17.5 Å². The van der Waals surface area contributed by atoms with Crippen LogP contribution in [0.3, 0.4) is 0 Å². The summed E-state index contributed by atoms with van der Waals surface area (Å²) in [7, 11) is -4.16. The van der Waals surface area contributed by atoms with Crippen LogP contribution in [0.15, 0.2) is 59.5 Å². The van der Waals surface area contributed by atoms with E-state index >= 15 is 0 Å². The van der Waals surface area contributed by atoms with E-state index < -0.39 is 21.7 Å². The van der Waals surface area contributed by atoms with Gasteiger partial charge >= 0.3 is 0 Å². The Labute approximate surface area is 161 Å². The molecule has 1 heterocycles. The van der Waals surface area contributed by atoms with Crippen molar-refractivity contribution in [2.45, 2.75) is 18.7 Å². The van der Waals surface area contributed by atoms with Crippen molar-refractivity contribution in [1.29, 1.82) is 0 Å². The van der Waals surface area contributed by atoms with E-state index in [1.807, 2.05) is 35.3 Å². The second-order valence-electron chi connectivity index (χ2n) is 6.00. The lowest BCUT2D eigenvalue weighted by Crippen LogP contribution is -2.30. The molecule has 0 aliphatic rings. The summed E-state index contributed by atoms with van der Waals surface area (Å²) in [5.74, 6) is -1.44. The zero-order valence-corrected chi connectivity index (χ0v) is 16.1. The van der Waals surface area contributed by atoms with Crippen molar-refractivity contribution in [3.8, 4) is 5.69 Å². The Morgan fingerprint density at radius 1 is 1.00 bits per heavy atom. The smallest absolute Gasteiger partial charge is 0.266 e. The Balaban J connectivity index is 1.95. The number of halogens is 2. The molecule has 3 aromatic rings. The molecule has 0 aliphatic carbocycles. The topological polar surface area (TPSA) is 68.2 Å². The van der Waals surface area contributed by atoms with Crippen LogP contribution in [-0.2, 0) is 10.0 Å². The molecule has 0 bridgehead atoms. The number of nitrogens with zero attached hydrogens (tertiary/aromatic N) is 1. The summed E-state index contributed by atoms with van der Waals surface area (Å²) in [6.07, 6.45) is 0. The van der Waals surface area contributed by atoms with Gasteiger partial charge in [0.25, 0.3) is 15.9 Å². The highest BCUT2D eigenvalue weighted by Crippen LogP contribution is 2.23. The SMILES string of the molecule is Cc1ccc(C)n1-c1ccc(Cl)c(C(=O)NS(=O)(=O)c2ccc(F)cc2)c1. The van der Waals surface area contributed by atoms with Gasteiger partial charge in [0.2, 0.25) is 0 Å². The van der Waals surface area contributed by atoms with Crippen LogP contribution in [-0.4, -0.2) is 18.9 Å². The van der Waals surface area contributed by atoms with E-state index in [0.717, 1.165) is 35.7 Å². The minimum Gasteiger partial charge on any atom is -0.318 e. The maximum atomic E-state index is 13.0. The van der Waals surface area contributed by atoms with Crippen molar-refractivity contribution >= 4 is 27.5 Å². The average molecular weight is 407 g/mol.